The van der Waals surface area contributed by atoms with Gasteiger partial charge in [0.2, 0.25) is 0 Å². The maximum atomic E-state index is 8.82. The molecule has 0 saturated carbocycles. The van der Waals surface area contributed by atoms with Gasteiger partial charge < -0.3 is 0 Å². The molecule has 2 N–H and O–H groups in total. The molecule has 0 unspecified atom stereocenters. The van der Waals surface area contributed by atoms with Crippen molar-refractivity contribution in [2.24, 2.45) is 0 Å². The monoisotopic (exact) mass is 638 g/mol. The molecular formula is C36H34CrO4Si2. The molecule has 0 aliphatic carbocycles. The second-order valence-corrected chi connectivity index (χ2v) is 16.9. The van der Waals surface area contributed by atoms with Gasteiger partial charge in [-0.05, 0) is 0 Å². The molecule has 6 aromatic rings. The molecule has 4 nitrogen and oxygen atoms in total. The number of hydrogen-bond donors (Lipinski definition) is 2. The van der Waals surface area contributed by atoms with Crippen molar-refractivity contribution in [3.63, 3.8) is 0 Å². The maximum absolute atomic E-state index is 8.82. The second-order valence-electron chi connectivity index (χ2n) is 9.78. The molecule has 0 fully saturated rings. The van der Waals surface area contributed by atoms with Crippen molar-refractivity contribution in [3.05, 3.63) is 182 Å². The van der Waals surface area contributed by atoms with Gasteiger partial charge in [-0.1, -0.05) is 213 Å². The summed E-state index contributed by atoms with van der Waals surface area (Å²) in [4.78, 5) is 0. The van der Waals surface area contributed by atoms with E-state index in [4.69, 9.17) is 15.9 Å². The topological polar surface area (TPSA) is 74.6 Å². The summed E-state index contributed by atoms with van der Waals surface area (Å²) in [6.07, 6.45) is 0. The smallest absolute Gasteiger partial charge is 0.0625 e. The maximum Gasteiger partial charge on any atom is 0.132 e. The molecule has 0 atom stereocenters. The van der Waals surface area contributed by atoms with Gasteiger partial charge in [-0.25, -0.2) is 0 Å². The molecule has 43 heavy (non-hydrogen) atoms. The van der Waals surface area contributed by atoms with Crippen molar-refractivity contribution in [1.29, 1.82) is 0 Å². The third-order valence-electron chi connectivity index (χ3n) is 6.80. The van der Waals surface area contributed by atoms with E-state index in [0.717, 1.165) is 0 Å². The second kappa shape index (κ2) is 16.4. The Morgan fingerprint density at radius 2 is 0.419 bits per heavy atom. The first-order valence-corrected chi connectivity index (χ1v) is 19.5. The van der Waals surface area contributed by atoms with Crippen LogP contribution in [0.5, 0.6) is 0 Å². The van der Waals surface area contributed by atoms with E-state index in [1.807, 2.05) is 0 Å². The third-order valence-corrected chi connectivity index (χ3v) is 13.1. The molecule has 0 saturated heterocycles. The number of benzene rings is 6. The Kier molecular flexibility index (Phi) is 12.1. The molecule has 0 amide bonds. The van der Waals surface area contributed by atoms with Gasteiger partial charge >= 0.3 is 29.5 Å². The Hall–Kier alpha value is -4.19. The van der Waals surface area contributed by atoms with Crippen LogP contribution in [0, 0.1) is 0 Å². The van der Waals surface area contributed by atoms with E-state index in [2.05, 4.69) is 182 Å². The fourth-order valence-corrected chi connectivity index (χ4v) is 11.0. The number of hydrogen-bond acceptors (Lipinski definition) is 2. The van der Waals surface area contributed by atoms with Gasteiger partial charge in [0.05, 0.1) is 0 Å². The first-order chi connectivity index (χ1) is 20.9. The molecule has 0 aliphatic heterocycles. The first kappa shape index (κ1) is 31.7. The van der Waals surface area contributed by atoms with Crippen molar-refractivity contribution in [1.82, 2.24) is 0 Å². The molecule has 6 aromatic carbocycles. The molecule has 0 radical (unpaired) electrons. The minimum Gasteiger partial charge on any atom is -0.0625 e. The van der Waals surface area contributed by atoms with Crippen LogP contribution in [0.2, 0.25) is 0 Å². The zero-order valence-corrected chi connectivity index (χ0v) is 27.2. The SMILES string of the molecule is [O]=[Cr](=[O])([OH])[OH].c1ccc([SiH](c2ccccc2)c2ccccc2)cc1.c1ccc([SiH](c2ccccc2)c2ccccc2)cc1. The van der Waals surface area contributed by atoms with Crippen LogP contribution < -0.4 is 31.1 Å². The van der Waals surface area contributed by atoms with E-state index in [1.165, 1.54) is 31.1 Å². The average Bonchev–Trinajstić information content (AvgIpc) is 3.04. The molecule has 216 valence electrons. The molecule has 0 aliphatic rings. The van der Waals surface area contributed by atoms with Crippen LogP contribution in [-0.2, 0) is 21.2 Å². The Balaban J connectivity index is 0.000000171. The van der Waals surface area contributed by atoms with Gasteiger partial charge in [-0.3, -0.25) is 0 Å². The summed E-state index contributed by atoms with van der Waals surface area (Å²) in [5, 5.41) is 8.83. The van der Waals surface area contributed by atoms with Crippen LogP contribution in [0.3, 0.4) is 0 Å². The Morgan fingerprint density at radius 1 is 0.302 bits per heavy atom. The molecule has 0 aromatic heterocycles. The van der Waals surface area contributed by atoms with Gasteiger partial charge in [0, 0.05) is 0 Å². The summed E-state index contributed by atoms with van der Waals surface area (Å²) in [6, 6.07) is 65.3. The third kappa shape index (κ3) is 10.5. The van der Waals surface area contributed by atoms with E-state index in [0.29, 0.717) is 0 Å². The van der Waals surface area contributed by atoms with E-state index in [-0.39, 0.29) is 0 Å². The van der Waals surface area contributed by atoms with Crippen molar-refractivity contribution in [3.8, 4) is 0 Å². The minimum atomic E-state index is -5.25. The summed E-state index contributed by atoms with van der Waals surface area (Å²) in [7, 11) is -2.62. The van der Waals surface area contributed by atoms with E-state index < -0.39 is 31.2 Å². The van der Waals surface area contributed by atoms with E-state index >= 15 is 0 Å². The van der Waals surface area contributed by atoms with Gasteiger partial charge in [0.1, 0.15) is 17.6 Å². The van der Waals surface area contributed by atoms with E-state index in [9.17, 15) is 0 Å². The van der Waals surface area contributed by atoms with Crippen LogP contribution >= 0.6 is 0 Å². The standard InChI is InChI=1S/2C18H16Si.Cr.2H2O.2O/c2*1-4-10-16(11-5-1)19(17-12-6-2-7-13-17)18-14-8-3-9-15-18;;;;;/h2*1-15,19H;;2*1H2;;/q;;+2;;;;/p-2. The summed E-state index contributed by atoms with van der Waals surface area (Å²) in [5.41, 5.74) is 0. The Morgan fingerprint density at radius 3 is 0.535 bits per heavy atom. The van der Waals surface area contributed by atoms with Crippen LogP contribution in [0.15, 0.2) is 182 Å². The average molecular weight is 639 g/mol. The van der Waals surface area contributed by atoms with Crippen molar-refractivity contribution < 1.29 is 29.5 Å². The predicted molar refractivity (Wildman–Crippen MR) is 177 cm³/mol. The van der Waals surface area contributed by atoms with Gasteiger partial charge in [-0.15, -0.1) is 0 Å². The summed E-state index contributed by atoms with van der Waals surface area (Å²) in [5.74, 6) is 0. The molecular weight excluding hydrogens is 605 g/mol. The van der Waals surface area contributed by atoms with Crippen LogP contribution in [-0.4, -0.2) is 25.9 Å². The van der Waals surface area contributed by atoms with Crippen molar-refractivity contribution in [2.75, 3.05) is 0 Å². The van der Waals surface area contributed by atoms with Gasteiger partial charge in [0.25, 0.3) is 0 Å². The van der Waals surface area contributed by atoms with Crippen LogP contribution in [0.4, 0.5) is 0 Å². The van der Waals surface area contributed by atoms with Crippen LogP contribution in [0.1, 0.15) is 0 Å². The predicted octanol–water partition coefficient (Wildman–Crippen LogP) is 2.52. The molecule has 6 rings (SSSR count). The molecule has 7 heteroatoms. The minimum absolute atomic E-state index is 1.31. The summed E-state index contributed by atoms with van der Waals surface area (Å²) < 4.78 is 31.9. The fraction of sp³-hybridized carbons (Fsp3) is 0. The fourth-order valence-electron chi connectivity index (χ4n) is 5.03. The normalized spacial score (nSPS) is 10.7. The van der Waals surface area contributed by atoms with E-state index in [1.54, 1.807) is 0 Å². The largest absolute Gasteiger partial charge is 0.132 e. The first-order valence-electron chi connectivity index (χ1n) is 13.9. The van der Waals surface area contributed by atoms with Crippen LogP contribution in [0.25, 0.3) is 0 Å². The summed E-state index contributed by atoms with van der Waals surface area (Å²) in [6.45, 7) is 0. The zero-order chi connectivity index (χ0) is 30.3. The molecule has 0 heterocycles. The van der Waals surface area contributed by atoms with Crippen molar-refractivity contribution >= 4 is 48.7 Å². The Labute approximate surface area is 259 Å². The summed E-state index contributed by atoms with van der Waals surface area (Å²) >= 11 is -5.25. The molecule has 0 bridgehead atoms. The quantitative estimate of drug-likeness (QED) is 0.217. The van der Waals surface area contributed by atoms with Gasteiger partial charge in [0.15, 0.2) is 0 Å². The molecule has 0 spiro atoms. The Bertz CT molecular complexity index is 1410. The zero-order valence-electron chi connectivity index (χ0n) is 23.6. The number of rotatable bonds is 6. The van der Waals surface area contributed by atoms with Crippen molar-refractivity contribution in [2.45, 2.75) is 0 Å². The van der Waals surface area contributed by atoms with Gasteiger partial charge in [-0.2, -0.15) is 0 Å².